The monoisotopic (exact) mass is 230 g/mol. The fraction of sp³-hybridized carbons (Fsp3) is 0.909. The minimum absolute atomic E-state index is 0.198. The zero-order chi connectivity index (χ0) is 10.9. The molecule has 15 heavy (non-hydrogen) atoms. The average molecular weight is 230 g/mol. The zero-order valence-electron chi connectivity index (χ0n) is 9.34. The second-order valence-electron chi connectivity index (χ2n) is 4.10. The molecule has 4 heteroatoms. The lowest BCUT2D eigenvalue weighted by molar-refractivity contribution is -0.119. The van der Waals surface area contributed by atoms with E-state index in [-0.39, 0.29) is 5.91 Å². The second-order valence-corrected chi connectivity index (χ2v) is 5.20. The Hall–Kier alpha value is -0.220. The molecule has 0 bridgehead atoms. The Kier molecular flexibility index (Phi) is 6.85. The highest BCUT2D eigenvalue weighted by molar-refractivity contribution is 7.99. The number of carbonyl (C=O) groups excluding carboxylic acids is 1. The van der Waals surface area contributed by atoms with E-state index in [9.17, 15) is 4.79 Å². The molecule has 1 aliphatic rings. The van der Waals surface area contributed by atoms with E-state index in [1.807, 2.05) is 0 Å². The van der Waals surface area contributed by atoms with E-state index in [4.69, 9.17) is 5.73 Å². The first-order chi connectivity index (χ1) is 7.33. The van der Waals surface area contributed by atoms with Gasteiger partial charge < -0.3 is 11.1 Å². The summed E-state index contributed by atoms with van der Waals surface area (Å²) in [6.07, 6.45) is 7.20. The predicted octanol–water partition coefficient (Wildman–Crippen LogP) is 1.52. The van der Waals surface area contributed by atoms with E-state index < -0.39 is 0 Å². The van der Waals surface area contributed by atoms with Gasteiger partial charge in [-0.05, 0) is 31.6 Å². The molecule has 0 saturated heterocycles. The number of hydrogen-bond donors (Lipinski definition) is 2. The molecular formula is C11H22N2OS. The van der Waals surface area contributed by atoms with Crippen molar-refractivity contribution in [2.24, 2.45) is 5.73 Å². The Balaban J connectivity index is 2.01. The number of thioether (sulfide) groups is 1. The second kappa shape index (κ2) is 7.99. The summed E-state index contributed by atoms with van der Waals surface area (Å²) in [6.45, 7) is 0.719. The Labute approximate surface area is 96.6 Å². The first-order valence-corrected chi connectivity index (χ1v) is 7.05. The zero-order valence-corrected chi connectivity index (χ0v) is 10.2. The summed E-state index contributed by atoms with van der Waals surface area (Å²) in [5.74, 6) is 1.79. The molecule has 0 unspecified atom stereocenters. The molecule has 88 valence electrons. The lowest BCUT2D eigenvalue weighted by Gasteiger charge is -2.22. The van der Waals surface area contributed by atoms with Crippen molar-refractivity contribution in [3.05, 3.63) is 0 Å². The van der Waals surface area contributed by atoms with Crippen molar-refractivity contribution in [2.45, 2.75) is 44.6 Å². The molecule has 0 aromatic rings. The van der Waals surface area contributed by atoms with Crippen molar-refractivity contribution in [1.29, 1.82) is 0 Å². The van der Waals surface area contributed by atoms with Crippen molar-refractivity contribution in [3.8, 4) is 0 Å². The average Bonchev–Trinajstić information content (AvgIpc) is 2.26. The number of carbonyl (C=O) groups is 1. The minimum atomic E-state index is 0.198. The topological polar surface area (TPSA) is 55.1 Å². The smallest absolute Gasteiger partial charge is 0.230 e. The number of amides is 1. The summed E-state index contributed by atoms with van der Waals surface area (Å²) in [7, 11) is 0. The molecule has 1 saturated carbocycles. The minimum Gasteiger partial charge on any atom is -0.353 e. The van der Waals surface area contributed by atoms with Crippen LogP contribution >= 0.6 is 11.8 Å². The fourth-order valence-corrected chi connectivity index (χ4v) is 2.65. The maximum absolute atomic E-state index is 11.5. The number of hydrogen-bond acceptors (Lipinski definition) is 3. The lowest BCUT2D eigenvalue weighted by Crippen LogP contribution is -2.37. The van der Waals surface area contributed by atoms with Crippen molar-refractivity contribution in [2.75, 3.05) is 18.1 Å². The highest BCUT2D eigenvalue weighted by Gasteiger charge is 2.15. The summed E-state index contributed by atoms with van der Waals surface area (Å²) in [4.78, 5) is 11.5. The van der Waals surface area contributed by atoms with E-state index in [1.165, 1.54) is 32.1 Å². The van der Waals surface area contributed by atoms with Gasteiger partial charge in [-0.1, -0.05) is 19.3 Å². The molecule has 0 aromatic heterocycles. The van der Waals surface area contributed by atoms with E-state index in [0.717, 1.165) is 18.7 Å². The van der Waals surface area contributed by atoms with Crippen LogP contribution in [0, 0.1) is 0 Å². The third-order valence-corrected chi connectivity index (χ3v) is 3.74. The van der Waals surface area contributed by atoms with Gasteiger partial charge in [-0.25, -0.2) is 0 Å². The summed E-state index contributed by atoms with van der Waals surface area (Å²) in [5, 5.41) is 3.10. The largest absolute Gasteiger partial charge is 0.353 e. The van der Waals surface area contributed by atoms with E-state index in [1.54, 1.807) is 11.8 Å². The van der Waals surface area contributed by atoms with Gasteiger partial charge in [-0.3, -0.25) is 4.79 Å². The third-order valence-electron chi connectivity index (χ3n) is 2.70. The number of nitrogens with one attached hydrogen (secondary N) is 1. The first kappa shape index (κ1) is 12.8. The molecule has 3 nitrogen and oxygen atoms in total. The summed E-state index contributed by atoms with van der Waals surface area (Å²) in [6, 6.07) is 0.446. The van der Waals surface area contributed by atoms with Gasteiger partial charge in [0.05, 0.1) is 5.75 Å². The van der Waals surface area contributed by atoms with Crippen LogP contribution in [0.3, 0.4) is 0 Å². The van der Waals surface area contributed by atoms with Gasteiger partial charge in [0.2, 0.25) is 5.91 Å². The van der Waals surface area contributed by atoms with Crippen LogP contribution in [0.1, 0.15) is 38.5 Å². The van der Waals surface area contributed by atoms with Crippen molar-refractivity contribution < 1.29 is 4.79 Å². The summed E-state index contributed by atoms with van der Waals surface area (Å²) < 4.78 is 0. The van der Waals surface area contributed by atoms with Crippen LogP contribution in [0.5, 0.6) is 0 Å². The lowest BCUT2D eigenvalue weighted by atomic mass is 9.95. The maximum Gasteiger partial charge on any atom is 0.230 e. The Morgan fingerprint density at radius 1 is 1.33 bits per heavy atom. The van der Waals surface area contributed by atoms with Crippen LogP contribution < -0.4 is 11.1 Å². The van der Waals surface area contributed by atoms with Gasteiger partial charge in [0.15, 0.2) is 0 Å². The molecule has 0 atom stereocenters. The normalized spacial score (nSPS) is 17.7. The Morgan fingerprint density at radius 3 is 2.73 bits per heavy atom. The number of rotatable bonds is 6. The van der Waals surface area contributed by atoms with Crippen molar-refractivity contribution in [1.82, 2.24) is 5.32 Å². The Morgan fingerprint density at radius 2 is 2.07 bits per heavy atom. The molecule has 1 amide bonds. The molecule has 0 heterocycles. The van der Waals surface area contributed by atoms with Gasteiger partial charge >= 0.3 is 0 Å². The van der Waals surface area contributed by atoms with Gasteiger partial charge in [-0.15, -0.1) is 0 Å². The van der Waals surface area contributed by atoms with Gasteiger partial charge in [0.1, 0.15) is 0 Å². The summed E-state index contributed by atoms with van der Waals surface area (Å²) in [5.41, 5.74) is 5.38. The fourth-order valence-electron chi connectivity index (χ4n) is 1.87. The molecule has 1 fully saturated rings. The van der Waals surface area contributed by atoms with Crippen molar-refractivity contribution in [3.63, 3.8) is 0 Å². The van der Waals surface area contributed by atoms with Crippen molar-refractivity contribution >= 4 is 17.7 Å². The molecule has 1 aliphatic carbocycles. The predicted molar refractivity (Wildman–Crippen MR) is 66.0 cm³/mol. The highest BCUT2D eigenvalue weighted by Crippen LogP contribution is 2.17. The highest BCUT2D eigenvalue weighted by atomic mass is 32.2. The van der Waals surface area contributed by atoms with Gasteiger partial charge in [0.25, 0.3) is 0 Å². The molecule has 0 aromatic carbocycles. The molecule has 3 N–H and O–H groups in total. The SMILES string of the molecule is NCCCSCC(=O)NC1CCCCC1. The molecule has 0 spiro atoms. The van der Waals surface area contributed by atoms with Crippen LogP contribution in [0.4, 0.5) is 0 Å². The van der Waals surface area contributed by atoms with Crippen LogP contribution in [0.25, 0.3) is 0 Å². The molecular weight excluding hydrogens is 208 g/mol. The first-order valence-electron chi connectivity index (χ1n) is 5.90. The van der Waals surface area contributed by atoms with E-state index >= 15 is 0 Å². The van der Waals surface area contributed by atoms with E-state index in [0.29, 0.717) is 11.8 Å². The van der Waals surface area contributed by atoms with E-state index in [2.05, 4.69) is 5.32 Å². The third kappa shape index (κ3) is 6.05. The van der Waals surface area contributed by atoms with Crippen LogP contribution in [0.2, 0.25) is 0 Å². The quantitative estimate of drug-likeness (QED) is 0.680. The molecule has 0 radical (unpaired) electrons. The van der Waals surface area contributed by atoms with Gasteiger partial charge in [-0.2, -0.15) is 11.8 Å². The maximum atomic E-state index is 11.5. The van der Waals surface area contributed by atoms with Crippen LogP contribution in [-0.4, -0.2) is 30.0 Å². The van der Waals surface area contributed by atoms with Crippen LogP contribution in [0.15, 0.2) is 0 Å². The standard InChI is InChI=1S/C11H22N2OS/c12-7-4-8-15-9-11(14)13-10-5-2-1-3-6-10/h10H,1-9,12H2,(H,13,14). The number of nitrogens with two attached hydrogens (primary N) is 1. The molecule has 1 rings (SSSR count). The molecule has 0 aliphatic heterocycles. The van der Waals surface area contributed by atoms with Gasteiger partial charge in [0, 0.05) is 6.04 Å². The Bertz CT molecular complexity index is 181. The van der Waals surface area contributed by atoms with Crippen LogP contribution in [-0.2, 0) is 4.79 Å². The summed E-state index contributed by atoms with van der Waals surface area (Å²) >= 11 is 1.68.